The van der Waals surface area contributed by atoms with E-state index >= 15 is 0 Å². The van der Waals surface area contributed by atoms with Crippen molar-refractivity contribution in [2.45, 2.75) is 26.2 Å². The summed E-state index contributed by atoms with van der Waals surface area (Å²) in [5, 5.41) is 0. The van der Waals surface area contributed by atoms with Gasteiger partial charge in [-0.2, -0.15) is 0 Å². The highest BCUT2D eigenvalue weighted by atomic mass is 16.6. The van der Waals surface area contributed by atoms with Crippen molar-refractivity contribution in [2.75, 3.05) is 6.61 Å². The van der Waals surface area contributed by atoms with Crippen molar-refractivity contribution in [3.05, 3.63) is 60.2 Å². The predicted molar refractivity (Wildman–Crippen MR) is 82.7 cm³/mol. The van der Waals surface area contributed by atoms with Gasteiger partial charge in [-0.3, -0.25) is 0 Å². The lowest BCUT2D eigenvalue weighted by Gasteiger charge is -2.22. The minimum atomic E-state index is -0.407. The molecule has 2 aromatic rings. The summed E-state index contributed by atoms with van der Waals surface area (Å²) in [6.07, 6.45) is 0. The van der Waals surface area contributed by atoms with Crippen LogP contribution in [0, 0.1) is 0 Å². The van der Waals surface area contributed by atoms with Crippen LogP contribution in [0.5, 0.6) is 11.5 Å². The van der Waals surface area contributed by atoms with Crippen LogP contribution >= 0.6 is 0 Å². The lowest BCUT2D eigenvalue weighted by atomic mass is 9.86. The van der Waals surface area contributed by atoms with Gasteiger partial charge in [0.2, 0.25) is 0 Å². The molecule has 0 aliphatic carbocycles. The maximum Gasteiger partial charge on any atom is 0.349 e. The van der Waals surface area contributed by atoms with E-state index in [2.05, 4.69) is 20.8 Å². The fraction of sp³-hybridized carbons (Fsp3) is 0.278. The van der Waals surface area contributed by atoms with E-state index in [0.29, 0.717) is 11.5 Å². The smallest absolute Gasteiger partial charge is 0.349 e. The number of para-hydroxylation sites is 2. The van der Waals surface area contributed by atoms with Crippen molar-refractivity contribution in [1.29, 1.82) is 0 Å². The Morgan fingerprint density at radius 2 is 1.57 bits per heavy atom. The van der Waals surface area contributed by atoms with E-state index in [9.17, 15) is 4.79 Å². The van der Waals surface area contributed by atoms with Gasteiger partial charge in [-0.05, 0) is 23.6 Å². The molecule has 3 nitrogen and oxygen atoms in total. The molecule has 0 saturated heterocycles. The predicted octanol–water partition coefficient (Wildman–Crippen LogP) is 3.97. The first-order valence-electron chi connectivity index (χ1n) is 6.95. The zero-order chi connectivity index (χ0) is 15.3. The molecule has 2 aromatic carbocycles. The van der Waals surface area contributed by atoms with Gasteiger partial charge in [0, 0.05) is 5.56 Å². The van der Waals surface area contributed by atoms with Crippen LogP contribution in [0.15, 0.2) is 54.6 Å². The number of carbonyl (C=O) groups excluding carboxylic acids is 1. The van der Waals surface area contributed by atoms with Crippen LogP contribution < -0.4 is 9.47 Å². The SMILES string of the molecule is CC(C)(C)c1ccccc1OC(=O)COc1ccccc1. The fourth-order valence-electron chi connectivity index (χ4n) is 1.99. The first-order valence-corrected chi connectivity index (χ1v) is 6.95. The Morgan fingerprint density at radius 1 is 0.952 bits per heavy atom. The molecular formula is C18H20O3. The number of carbonyl (C=O) groups is 1. The molecule has 0 aliphatic rings. The minimum absolute atomic E-state index is 0.0862. The largest absolute Gasteiger partial charge is 0.482 e. The van der Waals surface area contributed by atoms with Crippen molar-refractivity contribution in [3.8, 4) is 11.5 Å². The second-order valence-electron chi connectivity index (χ2n) is 5.82. The Hall–Kier alpha value is -2.29. The topological polar surface area (TPSA) is 35.5 Å². The third kappa shape index (κ3) is 4.35. The Kier molecular flexibility index (Phi) is 4.63. The first-order chi connectivity index (χ1) is 9.97. The van der Waals surface area contributed by atoms with E-state index in [1.807, 2.05) is 36.4 Å². The normalized spacial score (nSPS) is 11.0. The highest BCUT2D eigenvalue weighted by Gasteiger charge is 2.20. The van der Waals surface area contributed by atoms with E-state index in [1.54, 1.807) is 18.2 Å². The number of esters is 1. The molecule has 21 heavy (non-hydrogen) atoms. The van der Waals surface area contributed by atoms with Crippen LogP contribution in [-0.2, 0) is 10.2 Å². The van der Waals surface area contributed by atoms with Crippen molar-refractivity contribution >= 4 is 5.97 Å². The number of benzene rings is 2. The summed E-state index contributed by atoms with van der Waals surface area (Å²) < 4.78 is 10.8. The van der Waals surface area contributed by atoms with Crippen molar-refractivity contribution < 1.29 is 14.3 Å². The summed E-state index contributed by atoms with van der Waals surface area (Å²) in [5.41, 5.74) is 0.912. The molecule has 0 aliphatic heterocycles. The molecule has 0 heterocycles. The zero-order valence-electron chi connectivity index (χ0n) is 12.6. The molecule has 0 radical (unpaired) electrons. The van der Waals surface area contributed by atoms with Crippen LogP contribution in [0.25, 0.3) is 0 Å². The van der Waals surface area contributed by atoms with Gasteiger partial charge in [-0.15, -0.1) is 0 Å². The van der Waals surface area contributed by atoms with Gasteiger partial charge in [0.1, 0.15) is 11.5 Å². The monoisotopic (exact) mass is 284 g/mol. The average Bonchev–Trinajstić information content (AvgIpc) is 2.46. The Bertz CT molecular complexity index is 597. The Balaban J connectivity index is 2.00. The van der Waals surface area contributed by atoms with Gasteiger partial charge in [-0.1, -0.05) is 57.2 Å². The van der Waals surface area contributed by atoms with E-state index < -0.39 is 5.97 Å². The second-order valence-corrected chi connectivity index (χ2v) is 5.82. The van der Waals surface area contributed by atoms with E-state index in [4.69, 9.17) is 9.47 Å². The molecule has 0 spiro atoms. The molecule has 0 amide bonds. The van der Waals surface area contributed by atoms with Crippen molar-refractivity contribution in [1.82, 2.24) is 0 Å². The summed E-state index contributed by atoms with van der Waals surface area (Å²) in [6.45, 7) is 6.14. The maximum absolute atomic E-state index is 11.9. The van der Waals surface area contributed by atoms with E-state index in [-0.39, 0.29) is 12.0 Å². The highest BCUT2D eigenvalue weighted by Crippen LogP contribution is 2.30. The molecule has 110 valence electrons. The van der Waals surface area contributed by atoms with Crippen molar-refractivity contribution in [3.63, 3.8) is 0 Å². The molecule has 0 atom stereocenters. The molecule has 0 bridgehead atoms. The summed E-state index contributed by atoms with van der Waals surface area (Å²) in [5.74, 6) is 0.834. The molecule has 0 unspecified atom stereocenters. The lowest BCUT2D eigenvalue weighted by Crippen LogP contribution is -2.20. The van der Waals surface area contributed by atoms with Crippen LogP contribution in [0.3, 0.4) is 0 Å². The maximum atomic E-state index is 11.9. The molecule has 0 saturated carbocycles. The zero-order valence-corrected chi connectivity index (χ0v) is 12.6. The third-order valence-electron chi connectivity index (χ3n) is 3.02. The standard InChI is InChI=1S/C18H20O3/c1-18(2,3)15-11-7-8-12-16(15)21-17(19)13-20-14-9-5-4-6-10-14/h4-12H,13H2,1-3H3. The quantitative estimate of drug-likeness (QED) is 0.629. The summed E-state index contributed by atoms with van der Waals surface area (Å²) >= 11 is 0. The average molecular weight is 284 g/mol. The summed E-state index contributed by atoms with van der Waals surface area (Å²) in [4.78, 5) is 11.9. The molecule has 0 fully saturated rings. The fourth-order valence-corrected chi connectivity index (χ4v) is 1.99. The van der Waals surface area contributed by atoms with Gasteiger partial charge in [0.25, 0.3) is 0 Å². The minimum Gasteiger partial charge on any atom is -0.482 e. The summed E-state index contributed by atoms with van der Waals surface area (Å²) in [6, 6.07) is 16.8. The third-order valence-corrected chi connectivity index (χ3v) is 3.02. The Morgan fingerprint density at radius 3 is 2.24 bits per heavy atom. The van der Waals surface area contributed by atoms with E-state index in [1.165, 1.54) is 0 Å². The molecule has 3 heteroatoms. The Labute approximate surface area is 125 Å². The first kappa shape index (κ1) is 15.1. The van der Waals surface area contributed by atoms with Gasteiger partial charge in [0.05, 0.1) is 0 Å². The van der Waals surface area contributed by atoms with Crippen molar-refractivity contribution in [2.24, 2.45) is 0 Å². The number of ether oxygens (including phenoxy) is 2. The second kappa shape index (κ2) is 6.44. The number of hydrogen-bond donors (Lipinski definition) is 0. The van der Waals surface area contributed by atoms with Crippen LogP contribution in [0.2, 0.25) is 0 Å². The highest BCUT2D eigenvalue weighted by molar-refractivity contribution is 5.74. The summed E-state index contributed by atoms with van der Waals surface area (Å²) in [7, 11) is 0. The molecule has 0 aromatic heterocycles. The van der Waals surface area contributed by atoms with Gasteiger partial charge < -0.3 is 9.47 Å². The van der Waals surface area contributed by atoms with Gasteiger partial charge >= 0.3 is 5.97 Å². The van der Waals surface area contributed by atoms with Crippen LogP contribution in [0.4, 0.5) is 0 Å². The lowest BCUT2D eigenvalue weighted by molar-refractivity contribution is -0.136. The van der Waals surface area contributed by atoms with Gasteiger partial charge in [0.15, 0.2) is 6.61 Å². The molecular weight excluding hydrogens is 264 g/mol. The molecule has 2 rings (SSSR count). The number of rotatable bonds is 4. The van der Waals surface area contributed by atoms with Gasteiger partial charge in [-0.25, -0.2) is 4.79 Å². The number of hydrogen-bond acceptors (Lipinski definition) is 3. The molecule has 0 N–H and O–H groups in total. The van der Waals surface area contributed by atoms with Crippen LogP contribution in [0.1, 0.15) is 26.3 Å². The van der Waals surface area contributed by atoms with Crippen LogP contribution in [-0.4, -0.2) is 12.6 Å². The van der Waals surface area contributed by atoms with E-state index in [0.717, 1.165) is 5.56 Å².